The van der Waals surface area contributed by atoms with E-state index in [4.69, 9.17) is 26.1 Å². The molecule has 3 aromatic heterocycles. The Hall–Kier alpha value is -4.59. The van der Waals surface area contributed by atoms with Crippen LogP contribution in [-0.2, 0) is 32.8 Å². The molecular weight excluding hydrogens is 638 g/mol. The summed E-state index contributed by atoms with van der Waals surface area (Å²) in [5, 5.41) is 18.3. The van der Waals surface area contributed by atoms with Gasteiger partial charge in [-0.15, -0.1) is 5.10 Å². The molecule has 4 aromatic rings. The van der Waals surface area contributed by atoms with E-state index >= 15 is 0 Å². The van der Waals surface area contributed by atoms with Gasteiger partial charge in [0.05, 0.1) is 36.1 Å². The zero-order valence-corrected chi connectivity index (χ0v) is 26.9. The summed E-state index contributed by atoms with van der Waals surface area (Å²) in [6.45, 7) is 1.68. The van der Waals surface area contributed by atoms with Crippen molar-refractivity contribution in [2.75, 3.05) is 38.2 Å². The van der Waals surface area contributed by atoms with Gasteiger partial charge < -0.3 is 29.4 Å². The Morgan fingerprint density at radius 2 is 1.96 bits per heavy atom. The molecule has 0 bridgehead atoms. The Morgan fingerprint density at radius 1 is 1.12 bits per heavy atom. The zero-order chi connectivity index (χ0) is 33.0. The summed E-state index contributed by atoms with van der Waals surface area (Å²) >= 11 is 6.58. The molecule has 3 aliphatic heterocycles. The predicted molar refractivity (Wildman–Crippen MR) is 175 cm³/mol. The molecule has 1 saturated heterocycles. The molecule has 48 heavy (non-hydrogen) atoms. The lowest BCUT2D eigenvalue weighted by Gasteiger charge is -2.44. The normalized spacial score (nSPS) is 18.9. The van der Waals surface area contributed by atoms with Crippen LogP contribution in [0, 0.1) is 0 Å². The lowest BCUT2D eigenvalue weighted by Crippen LogP contribution is -2.52. The van der Waals surface area contributed by atoms with Crippen LogP contribution in [-0.4, -0.2) is 78.9 Å². The van der Waals surface area contributed by atoms with Gasteiger partial charge in [0.25, 0.3) is 11.5 Å². The molecule has 8 rings (SSSR count). The van der Waals surface area contributed by atoms with Gasteiger partial charge in [0, 0.05) is 31.4 Å². The van der Waals surface area contributed by atoms with Crippen LogP contribution >= 0.6 is 11.6 Å². The number of piperidine rings is 1. The van der Waals surface area contributed by atoms with Crippen LogP contribution in [0.2, 0.25) is 5.02 Å². The fourth-order valence-electron chi connectivity index (χ4n) is 7.08. The topological polar surface area (TPSA) is 153 Å². The highest BCUT2D eigenvalue weighted by atomic mass is 35.5. The molecule has 14 heteroatoms. The van der Waals surface area contributed by atoms with Gasteiger partial charge in [0.2, 0.25) is 11.7 Å². The van der Waals surface area contributed by atoms with Crippen molar-refractivity contribution >= 4 is 40.5 Å². The average Bonchev–Trinajstić information content (AvgIpc) is 3.85. The number of hydrogen-bond donors (Lipinski definition) is 2. The second-order valence-corrected chi connectivity index (χ2v) is 13.1. The molecule has 1 saturated carbocycles. The number of ether oxygens (including phenoxy) is 2. The smallest absolute Gasteiger partial charge is 0.282 e. The highest BCUT2D eigenvalue weighted by molar-refractivity contribution is 6.33. The molecule has 1 aliphatic carbocycles. The number of hydrogen-bond acceptors (Lipinski definition) is 9. The number of nitrogens with zero attached hydrogens (tertiary/aromatic N) is 6. The summed E-state index contributed by atoms with van der Waals surface area (Å²) in [6.07, 6.45) is 7.31. The number of amides is 2. The maximum Gasteiger partial charge on any atom is 0.282 e. The lowest BCUT2D eigenvalue weighted by molar-refractivity contribution is -0.117. The Bertz CT molecular complexity index is 2040. The van der Waals surface area contributed by atoms with Crippen LogP contribution < -0.4 is 10.9 Å². The van der Waals surface area contributed by atoms with Crippen LogP contribution in [0.15, 0.2) is 47.4 Å². The summed E-state index contributed by atoms with van der Waals surface area (Å²) in [4.78, 5) is 51.8. The van der Waals surface area contributed by atoms with E-state index < -0.39 is 11.5 Å². The fourth-order valence-corrected chi connectivity index (χ4v) is 7.31. The molecule has 2 fully saturated rings. The van der Waals surface area contributed by atoms with Crippen molar-refractivity contribution in [3.63, 3.8) is 0 Å². The minimum atomic E-state index is -1.01. The molecule has 13 nitrogen and oxygen atoms in total. The molecule has 1 aromatic carbocycles. The zero-order valence-electron chi connectivity index (χ0n) is 26.2. The van der Waals surface area contributed by atoms with Gasteiger partial charge in [-0.05, 0) is 73.4 Å². The first-order valence-electron chi connectivity index (χ1n) is 16.3. The van der Waals surface area contributed by atoms with Crippen LogP contribution in [0.1, 0.15) is 71.2 Å². The quantitative estimate of drug-likeness (QED) is 0.313. The monoisotopic (exact) mass is 671 g/mol. The molecule has 248 valence electrons. The van der Waals surface area contributed by atoms with E-state index in [2.05, 4.69) is 15.4 Å². The van der Waals surface area contributed by atoms with E-state index in [9.17, 15) is 19.5 Å². The molecule has 2 N–H and O–H groups in total. The number of halogens is 1. The minimum Gasteiger partial charge on any atom is -0.505 e. The van der Waals surface area contributed by atoms with Gasteiger partial charge in [0.15, 0.2) is 11.5 Å². The maximum absolute atomic E-state index is 14.4. The third-order valence-electron chi connectivity index (χ3n) is 9.74. The van der Waals surface area contributed by atoms with E-state index in [-0.39, 0.29) is 48.3 Å². The van der Waals surface area contributed by atoms with Crippen LogP contribution in [0.4, 0.5) is 5.69 Å². The fraction of sp³-hybridized carbons (Fsp3) is 0.412. The summed E-state index contributed by atoms with van der Waals surface area (Å²) in [6, 6.07) is 8.73. The number of carbonyl (C=O) groups is 2. The summed E-state index contributed by atoms with van der Waals surface area (Å²) < 4.78 is 14.9. The number of anilines is 1. The number of carbonyl (C=O) groups excluding carboxylic acids is 2. The number of aromatic nitrogens is 5. The number of benzene rings is 1. The maximum atomic E-state index is 14.4. The van der Waals surface area contributed by atoms with E-state index in [1.165, 1.54) is 22.3 Å². The van der Waals surface area contributed by atoms with Crippen molar-refractivity contribution in [3.8, 4) is 5.75 Å². The van der Waals surface area contributed by atoms with Crippen molar-refractivity contribution in [2.45, 2.75) is 56.6 Å². The standard InChI is InChI=1S/C34H34ClN7O6/c35-23-18-22(20-3-4-20)5-6-24(23)37-27(44)19-41-25-9-17-48-34(10-13-40(14-11-34)32(46)29-26(43)2-1-12-36-29)28(25)31(45)42-33(41)38-30(39-42)21-7-15-47-16-8-21/h1-2,5-7,12,18,20,43H,3-4,8-11,13-17,19H2,(H,37,44). The molecule has 0 radical (unpaired) electrons. The number of fused-ring (bicyclic) bond motifs is 3. The van der Waals surface area contributed by atoms with Crippen molar-refractivity contribution in [1.29, 1.82) is 0 Å². The summed E-state index contributed by atoms with van der Waals surface area (Å²) in [7, 11) is 0. The van der Waals surface area contributed by atoms with Gasteiger partial charge in [-0.1, -0.05) is 23.7 Å². The number of pyridine rings is 1. The van der Waals surface area contributed by atoms with Gasteiger partial charge in [-0.2, -0.15) is 9.50 Å². The van der Waals surface area contributed by atoms with Crippen molar-refractivity contribution in [1.82, 2.24) is 29.0 Å². The molecule has 0 unspecified atom stereocenters. The van der Waals surface area contributed by atoms with Gasteiger partial charge in [-0.25, -0.2) is 4.98 Å². The Labute approximate surface area is 280 Å². The van der Waals surface area contributed by atoms with Crippen LogP contribution in [0.3, 0.4) is 0 Å². The highest BCUT2D eigenvalue weighted by Crippen LogP contribution is 2.42. The number of nitrogens with one attached hydrogen (secondary N) is 1. The largest absolute Gasteiger partial charge is 0.505 e. The molecule has 2 amide bonds. The first kappa shape index (κ1) is 30.7. The Kier molecular flexibility index (Phi) is 7.77. The van der Waals surface area contributed by atoms with Crippen molar-refractivity contribution in [2.24, 2.45) is 0 Å². The van der Waals surface area contributed by atoms with E-state index in [0.29, 0.717) is 79.2 Å². The summed E-state index contributed by atoms with van der Waals surface area (Å²) in [5.41, 5.74) is 2.25. The molecule has 4 aliphatic rings. The van der Waals surface area contributed by atoms with E-state index in [1.54, 1.807) is 15.5 Å². The van der Waals surface area contributed by atoms with Crippen LogP contribution in [0.5, 0.6) is 5.75 Å². The number of likely N-dealkylation sites (tertiary alicyclic amines) is 1. The molecule has 1 spiro atoms. The number of aromatic hydroxyl groups is 1. The second-order valence-electron chi connectivity index (χ2n) is 12.7. The van der Waals surface area contributed by atoms with Gasteiger partial charge in [-0.3, -0.25) is 14.4 Å². The molecule has 0 atom stereocenters. The molecule has 6 heterocycles. The SMILES string of the molecule is O=C(Cn1c2c(c(=O)n3nc(C4=CCOCC4)nc13)C1(CCN(C(=O)c3ncccc3O)CC1)OCC2)Nc1ccc(C2CC2)cc1Cl. The average molecular weight is 672 g/mol. The minimum absolute atomic E-state index is 0.0201. The highest BCUT2D eigenvalue weighted by Gasteiger charge is 2.46. The van der Waals surface area contributed by atoms with Gasteiger partial charge in [0.1, 0.15) is 17.9 Å². The molecular formula is C34H34ClN7O6. The van der Waals surface area contributed by atoms with Crippen molar-refractivity contribution in [3.05, 3.63) is 86.3 Å². The van der Waals surface area contributed by atoms with Crippen molar-refractivity contribution < 1.29 is 24.2 Å². The van der Waals surface area contributed by atoms with Crippen LogP contribution in [0.25, 0.3) is 11.4 Å². The van der Waals surface area contributed by atoms with Gasteiger partial charge >= 0.3 is 0 Å². The second kappa shape index (κ2) is 12.1. The van der Waals surface area contributed by atoms with E-state index in [1.807, 2.05) is 24.3 Å². The predicted octanol–water partition coefficient (Wildman–Crippen LogP) is 3.67. The third-order valence-corrected chi connectivity index (χ3v) is 10.1. The first-order chi connectivity index (χ1) is 23.3. The third kappa shape index (κ3) is 5.45. The lowest BCUT2D eigenvalue weighted by atomic mass is 9.81. The first-order valence-corrected chi connectivity index (χ1v) is 16.7. The Morgan fingerprint density at radius 3 is 2.69 bits per heavy atom. The Balaban J connectivity index is 1.16. The van der Waals surface area contributed by atoms with E-state index in [0.717, 1.165) is 18.4 Å². The summed E-state index contributed by atoms with van der Waals surface area (Å²) in [5.74, 6) is 0.306. The number of rotatable bonds is 6.